The van der Waals surface area contributed by atoms with E-state index in [1.165, 1.54) is 108 Å². The Bertz CT molecular complexity index is 2630. The summed E-state index contributed by atoms with van der Waals surface area (Å²) in [6, 6.07) is -14.7. The summed E-state index contributed by atoms with van der Waals surface area (Å²) in [7, 11) is 9.75. The summed E-state index contributed by atoms with van der Waals surface area (Å²) >= 11 is 1.27. The maximum atomic E-state index is 15.5. The van der Waals surface area contributed by atoms with Gasteiger partial charge in [0.25, 0.3) is 0 Å². The van der Waals surface area contributed by atoms with E-state index in [9.17, 15) is 34.5 Å². The second kappa shape index (κ2) is 38.3. The summed E-state index contributed by atoms with van der Waals surface area (Å²) in [6.45, 7) is 34.1. The minimum Gasteiger partial charge on any atom is -0.393 e. The number of carbonyl (C=O) groups excluding carboxylic acids is 11. The highest BCUT2D eigenvalue weighted by Crippen LogP contribution is 2.32. The molecule has 26 heteroatoms. The Hall–Kier alpha value is -5.86. The van der Waals surface area contributed by atoms with Crippen LogP contribution in [0.1, 0.15) is 183 Å². The average molecular weight is 1360 g/mol. The number of aliphatic hydroxyl groups is 3. The Morgan fingerprint density at radius 1 is 0.484 bits per heavy atom. The molecular formula is C69H125N11O14S. The summed E-state index contributed by atoms with van der Waals surface area (Å²) in [4.78, 5) is 173. The molecule has 25 nitrogen and oxygen atoms in total. The predicted molar refractivity (Wildman–Crippen MR) is 372 cm³/mol. The van der Waals surface area contributed by atoms with Gasteiger partial charge in [-0.15, -0.1) is 0 Å². The van der Waals surface area contributed by atoms with Crippen molar-refractivity contribution in [1.82, 2.24) is 55.6 Å². The number of amides is 11. The largest absolute Gasteiger partial charge is 0.393 e. The summed E-state index contributed by atoms with van der Waals surface area (Å²) in [5, 5.41) is 45.2. The molecule has 0 saturated carbocycles. The van der Waals surface area contributed by atoms with Gasteiger partial charge in [0.15, 0.2) is 0 Å². The Labute approximate surface area is 573 Å². The minimum atomic E-state index is -1.69. The zero-order valence-corrected chi connectivity index (χ0v) is 63.5. The first-order valence-corrected chi connectivity index (χ1v) is 34.9. The molecule has 1 aliphatic heterocycles. The molecule has 7 N–H and O–H groups in total. The second-order valence-corrected chi connectivity index (χ2v) is 31.5. The number of hydrogen-bond donors (Lipinski definition) is 7. The van der Waals surface area contributed by atoms with Crippen LogP contribution in [-0.2, 0) is 52.7 Å². The molecule has 0 spiro atoms. The molecule has 11 amide bonds. The lowest BCUT2D eigenvalue weighted by Crippen LogP contribution is -2.64. The minimum absolute atomic E-state index is 0.0617. The molecule has 1 saturated heterocycles. The normalized spacial score (nSPS) is 26.8. The number of nitrogens with one attached hydrogen (secondary N) is 4. The van der Waals surface area contributed by atoms with Gasteiger partial charge in [0, 0.05) is 66.3 Å². The van der Waals surface area contributed by atoms with E-state index in [4.69, 9.17) is 0 Å². The van der Waals surface area contributed by atoms with E-state index in [0.717, 1.165) is 14.7 Å². The van der Waals surface area contributed by atoms with Gasteiger partial charge in [-0.05, 0) is 116 Å². The third-order valence-electron chi connectivity index (χ3n) is 17.8. The number of aliphatic hydroxyl groups excluding tert-OH is 2. The Morgan fingerprint density at radius 3 is 1.36 bits per heavy atom. The van der Waals surface area contributed by atoms with Gasteiger partial charge < -0.3 is 70.9 Å². The summed E-state index contributed by atoms with van der Waals surface area (Å²) in [6.07, 6.45) is 1.71. The molecule has 546 valence electrons. The van der Waals surface area contributed by atoms with Crippen molar-refractivity contribution in [3.05, 3.63) is 12.2 Å². The Kier molecular flexibility index (Phi) is 35.2. The number of likely N-dealkylation sites (N-methyl/N-ethyl adjacent to an activating group) is 7. The quantitative estimate of drug-likeness (QED) is 0.0847. The molecule has 14 atom stereocenters. The monoisotopic (exact) mass is 1360 g/mol. The number of hydrogen-bond acceptors (Lipinski definition) is 15. The van der Waals surface area contributed by atoms with E-state index in [2.05, 4.69) is 21.3 Å². The smallest absolute Gasteiger partial charge is 0.246 e. The zero-order chi connectivity index (χ0) is 74.0. The summed E-state index contributed by atoms with van der Waals surface area (Å²) < 4.78 is -0.692. The van der Waals surface area contributed by atoms with Gasteiger partial charge in [0.05, 0.1) is 17.8 Å². The van der Waals surface area contributed by atoms with Crippen LogP contribution in [0.2, 0.25) is 0 Å². The third kappa shape index (κ3) is 25.5. The Balaban J connectivity index is 4.63. The molecular weight excluding hydrogens is 1240 g/mol. The van der Waals surface area contributed by atoms with Crippen LogP contribution in [-0.4, -0.2) is 259 Å². The molecule has 0 radical (unpaired) electrons. The molecule has 0 aromatic carbocycles. The highest BCUT2D eigenvalue weighted by Gasteiger charge is 2.47. The van der Waals surface area contributed by atoms with Crippen LogP contribution in [0.5, 0.6) is 0 Å². The third-order valence-corrected chi connectivity index (χ3v) is 19.2. The first kappa shape index (κ1) is 87.2. The molecule has 1 heterocycles. The van der Waals surface area contributed by atoms with Crippen molar-refractivity contribution in [2.45, 2.75) is 272 Å². The van der Waals surface area contributed by atoms with E-state index in [1.807, 2.05) is 55.4 Å². The highest BCUT2D eigenvalue weighted by atomic mass is 32.2. The molecule has 0 aromatic heterocycles. The van der Waals surface area contributed by atoms with Gasteiger partial charge in [-0.2, -0.15) is 11.8 Å². The number of carbonyl (C=O) groups is 11. The van der Waals surface area contributed by atoms with Crippen LogP contribution in [0.15, 0.2) is 12.2 Å². The van der Waals surface area contributed by atoms with Gasteiger partial charge in [0.2, 0.25) is 65.0 Å². The fourth-order valence-corrected chi connectivity index (χ4v) is 13.4. The molecule has 0 aliphatic carbocycles. The van der Waals surface area contributed by atoms with E-state index in [0.29, 0.717) is 0 Å². The van der Waals surface area contributed by atoms with Crippen molar-refractivity contribution >= 4 is 76.7 Å². The average Bonchev–Trinajstić information content (AvgIpc) is 0.825. The molecule has 0 aromatic rings. The van der Waals surface area contributed by atoms with Crippen LogP contribution < -0.4 is 21.3 Å². The molecule has 1 rings (SSSR count). The van der Waals surface area contributed by atoms with Crippen LogP contribution >= 0.6 is 11.8 Å². The predicted octanol–water partition coefficient (Wildman–Crippen LogP) is 4.04. The number of rotatable bonds is 20. The molecule has 0 bridgehead atoms. The fraction of sp³-hybridized carbons (Fsp3) is 0.812. The van der Waals surface area contributed by atoms with E-state index < -0.39 is 172 Å². The standard InChI is InChI=1S/C69H125N11O14S/c1-28-30-31-43(13)56(82)55-60(86)72-47(29-2)62(88)78(25)52(37-95-69(19,20)35-44(14)81)65(91)77(24)51(36-68(17,18)94)59(85)73-53(41(9)10)66(92)74(21)48(32-38(3)4)58(84)70-45(15)57(83)71-46(16)61(87)75(22)49(33-39(5)6)63(89)76(23)50(34-40(7)8)64(90)79(26)54(42(11)12)67(93)80(55)27/h28,30,38-56,81-82,94H,29,31-37H2,1-27H3,(H,70,84)(H,71,83)(H,72,86)(H,73,85)/b30-28+/t43-,44?,45+,46-,47+,48+,49+,50+,51+,52-,53+,54+,55+,56-/m1/s1. The van der Waals surface area contributed by atoms with Crippen molar-refractivity contribution in [3.63, 3.8) is 0 Å². The molecule has 1 fully saturated rings. The first-order valence-electron chi connectivity index (χ1n) is 34.0. The van der Waals surface area contributed by atoms with Crippen molar-refractivity contribution in [2.75, 3.05) is 55.1 Å². The SMILES string of the molecule is C/C=C/C[C@@H](C)[C@@H](O)[C@H]1C(=O)N[C@@H](CC)C(=O)N(C)[C@H](CSC(C)(C)CC(C)O)C(=O)N(C)[C@@H](CC(C)(C)O)C(=O)N[C@@H](C(C)C)C(=O)N(C)[C@@H](CC(C)C)C(=O)N[C@@H](C)C(=O)N[C@H](C)C(=O)N(C)[C@@H](CC(C)C)C(=O)N(C)[C@@H](CC(C)C)C(=O)N(C)[C@@H](C(C)C)C(=O)N1C. The van der Waals surface area contributed by atoms with E-state index >= 15 is 33.6 Å². The van der Waals surface area contributed by atoms with Crippen LogP contribution in [0.4, 0.5) is 0 Å². The summed E-state index contributed by atoms with van der Waals surface area (Å²) in [5.74, 6) is -10.7. The lowest BCUT2D eigenvalue weighted by atomic mass is 9.91. The number of thioether (sulfide) groups is 1. The lowest BCUT2D eigenvalue weighted by molar-refractivity contribution is -0.157. The van der Waals surface area contributed by atoms with Gasteiger partial charge in [0.1, 0.15) is 66.5 Å². The van der Waals surface area contributed by atoms with Gasteiger partial charge in [-0.1, -0.05) is 109 Å². The van der Waals surface area contributed by atoms with Gasteiger partial charge in [-0.3, -0.25) is 52.7 Å². The second-order valence-electron chi connectivity index (χ2n) is 29.8. The lowest BCUT2D eigenvalue weighted by Gasteiger charge is -2.42. The summed E-state index contributed by atoms with van der Waals surface area (Å²) in [5.41, 5.74) is -1.62. The number of nitrogens with zero attached hydrogens (tertiary/aromatic N) is 7. The molecule has 1 aliphatic rings. The van der Waals surface area contributed by atoms with Gasteiger partial charge >= 0.3 is 0 Å². The topological polar surface area (TPSA) is 319 Å². The van der Waals surface area contributed by atoms with Crippen LogP contribution in [0.3, 0.4) is 0 Å². The van der Waals surface area contributed by atoms with Crippen molar-refractivity contribution in [3.8, 4) is 0 Å². The molecule has 1 unspecified atom stereocenters. The Morgan fingerprint density at radius 2 is 0.905 bits per heavy atom. The maximum Gasteiger partial charge on any atom is 0.246 e. The van der Waals surface area contributed by atoms with Crippen LogP contribution in [0, 0.1) is 35.5 Å². The van der Waals surface area contributed by atoms with Gasteiger partial charge in [-0.25, -0.2) is 0 Å². The van der Waals surface area contributed by atoms with E-state index in [1.54, 1.807) is 67.5 Å². The fourth-order valence-electron chi connectivity index (χ4n) is 12.1. The van der Waals surface area contributed by atoms with Crippen molar-refractivity contribution < 1.29 is 68.1 Å². The van der Waals surface area contributed by atoms with Crippen LogP contribution in [0.25, 0.3) is 0 Å². The van der Waals surface area contributed by atoms with Crippen molar-refractivity contribution in [1.29, 1.82) is 0 Å². The number of allylic oxidation sites excluding steroid dienone is 2. The molecule has 95 heavy (non-hydrogen) atoms. The zero-order valence-electron chi connectivity index (χ0n) is 62.7. The highest BCUT2D eigenvalue weighted by molar-refractivity contribution is 8.00. The van der Waals surface area contributed by atoms with Crippen molar-refractivity contribution in [2.24, 2.45) is 35.5 Å². The first-order chi connectivity index (χ1) is 43.5. The van der Waals surface area contributed by atoms with E-state index in [-0.39, 0.29) is 68.5 Å². The maximum absolute atomic E-state index is 15.5.